The fourth-order valence-electron chi connectivity index (χ4n) is 2.13. The number of hydrogen-bond acceptors (Lipinski definition) is 3. The van der Waals surface area contributed by atoms with Crippen molar-refractivity contribution in [1.29, 1.82) is 0 Å². The molecule has 1 N–H and O–H groups in total. The van der Waals surface area contributed by atoms with Crippen molar-refractivity contribution in [2.24, 2.45) is 0 Å². The lowest BCUT2D eigenvalue weighted by molar-refractivity contribution is 0.0930. The number of benzene rings is 2. The standard InChI is InChI=1S/C16H14ClF2NO3S/c1-9(10-3-5-11(17)6-4-10)20-16(21)14-12(18)7-8-13(15(14)19)24(2,22)23/h3-9H,1-2H3,(H,20,21)/t9-/m0/s1. The van der Waals surface area contributed by atoms with Crippen molar-refractivity contribution in [2.45, 2.75) is 17.9 Å². The van der Waals surface area contributed by atoms with E-state index in [-0.39, 0.29) is 0 Å². The topological polar surface area (TPSA) is 63.2 Å². The molecular formula is C16H14ClF2NO3S. The Kier molecular flexibility index (Phi) is 5.25. The molecule has 0 radical (unpaired) electrons. The van der Waals surface area contributed by atoms with E-state index in [2.05, 4.69) is 5.32 Å². The molecule has 0 unspecified atom stereocenters. The summed E-state index contributed by atoms with van der Waals surface area (Å²) in [5.74, 6) is -3.59. The van der Waals surface area contributed by atoms with E-state index in [4.69, 9.17) is 11.6 Å². The summed E-state index contributed by atoms with van der Waals surface area (Å²) in [5.41, 5.74) is -0.258. The molecule has 0 heterocycles. The predicted octanol–water partition coefficient (Wildman–Crippen LogP) is 3.51. The average Bonchev–Trinajstić information content (AvgIpc) is 2.46. The molecule has 0 aromatic heterocycles. The molecule has 0 bridgehead atoms. The van der Waals surface area contributed by atoms with Crippen LogP contribution in [0, 0.1) is 11.6 Å². The SMILES string of the molecule is C[C@H](NC(=O)c1c(F)ccc(S(C)(=O)=O)c1F)c1ccc(Cl)cc1. The number of sulfone groups is 1. The van der Waals surface area contributed by atoms with Crippen LogP contribution in [0.25, 0.3) is 0 Å². The Morgan fingerprint density at radius 3 is 2.25 bits per heavy atom. The maximum absolute atomic E-state index is 14.3. The minimum absolute atomic E-state index is 0.509. The average molecular weight is 374 g/mol. The first-order chi connectivity index (χ1) is 11.1. The first kappa shape index (κ1) is 18.4. The van der Waals surface area contributed by atoms with E-state index in [0.29, 0.717) is 10.6 Å². The molecule has 2 rings (SSSR count). The lowest BCUT2D eigenvalue weighted by atomic mass is 10.1. The smallest absolute Gasteiger partial charge is 0.257 e. The van der Waals surface area contributed by atoms with Gasteiger partial charge in [0.15, 0.2) is 15.7 Å². The molecule has 1 atom stereocenters. The van der Waals surface area contributed by atoms with Gasteiger partial charge in [-0.05, 0) is 36.8 Å². The summed E-state index contributed by atoms with van der Waals surface area (Å²) >= 11 is 5.78. The van der Waals surface area contributed by atoms with E-state index < -0.39 is 43.9 Å². The van der Waals surface area contributed by atoms with Crippen LogP contribution in [0.5, 0.6) is 0 Å². The minimum Gasteiger partial charge on any atom is -0.345 e. The Morgan fingerprint density at radius 2 is 1.71 bits per heavy atom. The largest absolute Gasteiger partial charge is 0.345 e. The van der Waals surface area contributed by atoms with Crippen molar-refractivity contribution >= 4 is 27.3 Å². The van der Waals surface area contributed by atoms with Gasteiger partial charge >= 0.3 is 0 Å². The van der Waals surface area contributed by atoms with Gasteiger partial charge in [0.05, 0.1) is 6.04 Å². The zero-order valence-corrected chi connectivity index (χ0v) is 14.4. The molecule has 0 saturated carbocycles. The Hall–Kier alpha value is -1.99. The van der Waals surface area contributed by atoms with Crippen LogP contribution in [0.15, 0.2) is 41.3 Å². The molecule has 4 nitrogen and oxygen atoms in total. The van der Waals surface area contributed by atoms with Crippen molar-refractivity contribution < 1.29 is 22.0 Å². The van der Waals surface area contributed by atoms with Gasteiger partial charge in [0.1, 0.15) is 16.3 Å². The third-order valence-electron chi connectivity index (χ3n) is 3.40. The fraction of sp³-hybridized carbons (Fsp3) is 0.188. The number of halogens is 3. The van der Waals surface area contributed by atoms with E-state index in [9.17, 15) is 22.0 Å². The van der Waals surface area contributed by atoms with Crippen LogP contribution in [0.2, 0.25) is 5.02 Å². The van der Waals surface area contributed by atoms with Gasteiger partial charge in [-0.3, -0.25) is 4.79 Å². The third-order valence-corrected chi connectivity index (χ3v) is 4.77. The van der Waals surface area contributed by atoms with Crippen LogP contribution >= 0.6 is 11.6 Å². The zero-order valence-electron chi connectivity index (χ0n) is 12.8. The Labute approximate surface area is 143 Å². The van der Waals surface area contributed by atoms with Crippen LogP contribution in [-0.2, 0) is 9.84 Å². The molecular weight excluding hydrogens is 360 g/mol. The highest BCUT2D eigenvalue weighted by atomic mass is 35.5. The van der Waals surface area contributed by atoms with Gasteiger partial charge in [-0.2, -0.15) is 0 Å². The van der Waals surface area contributed by atoms with E-state index in [1.807, 2.05) is 0 Å². The Bertz CT molecular complexity index is 883. The number of nitrogens with one attached hydrogen (secondary N) is 1. The highest BCUT2D eigenvalue weighted by Gasteiger charge is 2.25. The normalized spacial score (nSPS) is 12.7. The lowest BCUT2D eigenvalue weighted by Gasteiger charge is -2.16. The second kappa shape index (κ2) is 6.86. The number of rotatable bonds is 4. The second-order valence-corrected chi connectivity index (χ2v) is 7.67. The molecule has 1 amide bonds. The first-order valence-electron chi connectivity index (χ1n) is 6.85. The van der Waals surface area contributed by atoms with Crippen LogP contribution < -0.4 is 5.32 Å². The Balaban J connectivity index is 2.34. The summed E-state index contributed by atoms with van der Waals surface area (Å²) in [7, 11) is -3.93. The maximum Gasteiger partial charge on any atom is 0.257 e. The van der Waals surface area contributed by atoms with Gasteiger partial charge in [-0.15, -0.1) is 0 Å². The number of carbonyl (C=O) groups is 1. The van der Waals surface area contributed by atoms with Crippen molar-refractivity contribution in [3.05, 3.63) is 64.2 Å². The summed E-state index contributed by atoms with van der Waals surface area (Å²) in [5, 5.41) is 2.94. The molecule has 0 aliphatic carbocycles. The molecule has 2 aromatic carbocycles. The molecule has 0 aliphatic heterocycles. The summed E-state index contributed by atoms with van der Waals surface area (Å²) in [6.07, 6.45) is 0.779. The fourth-order valence-corrected chi connectivity index (χ4v) is 3.00. The van der Waals surface area contributed by atoms with E-state index in [1.165, 1.54) is 0 Å². The van der Waals surface area contributed by atoms with Crippen molar-refractivity contribution in [3.63, 3.8) is 0 Å². The van der Waals surface area contributed by atoms with Gasteiger partial charge in [0.2, 0.25) is 0 Å². The van der Waals surface area contributed by atoms with Crippen LogP contribution in [0.1, 0.15) is 28.9 Å². The molecule has 0 saturated heterocycles. The molecule has 2 aromatic rings. The lowest BCUT2D eigenvalue weighted by Crippen LogP contribution is -2.29. The molecule has 24 heavy (non-hydrogen) atoms. The van der Waals surface area contributed by atoms with Gasteiger partial charge in [-0.25, -0.2) is 17.2 Å². The quantitative estimate of drug-likeness (QED) is 0.834. The minimum atomic E-state index is -3.93. The molecule has 8 heteroatoms. The number of hydrogen-bond donors (Lipinski definition) is 1. The number of carbonyl (C=O) groups excluding carboxylic acids is 1. The van der Waals surface area contributed by atoms with E-state index in [0.717, 1.165) is 18.4 Å². The first-order valence-corrected chi connectivity index (χ1v) is 9.12. The van der Waals surface area contributed by atoms with E-state index >= 15 is 0 Å². The van der Waals surface area contributed by atoms with Gasteiger partial charge < -0.3 is 5.32 Å². The van der Waals surface area contributed by atoms with Crippen molar-refractivity contribution in [3.8, 4) is 0 Å². The zero-order chi connectivity index (χ0) is 18.1. The van der Waals surface area contributed by atoms with Crippen molar-refractivity contribution in [1.82, 2.24) is 5.32 Å². The summed E-state index contributed by atoms with van der Waals surface area (Å²) < 4.78 is 51.2. The monoisotopic (exact) mass is 373 g/mol. The van der Waals surface area contributed by atoms with Crippen LogP contribution in [0.3, 0.4) is 0 Å². The highest BCUT2D eigenvalue weighted by Crippen LogP contribution is 2.22. The summed E-state index contributed by atoms with van der Waals surface area (Å²) in [6, 6.07) is 7.53. The highest BCUT2D eigenvalue weighted by molar-refractivity contribution is 7.90. The summed E-state index contributed by atoms with van der Waals surface area (Å²) in [4.78, 5) is 11.5. The van der Waals surface area contributed by atoms with Gasteiger partial charge in [0.25, 0.3) is 5.91 Å². The second-order valence-electron chi connectivity index (χ2n) is 5.25. The van der Waals surface area contributed by atoms with Gasteiger partial charge in [-0.1, -0.05) is 23.7 Å². The van der Waals surface area contributed by atoms with Crippen molar-refractivity contribution in [2.75, 3.05) is 6.26 Å². The Morgan fingerprint density at radius 1 is 1.12 bits per heavy atom. The molecule has 0 fully saturated rings. The van der Waals surface area contributed by atoms with Gasteiger partial charge in [0, 0.05) is 11.3 Å². The molecule has 128 valence electrons. The van der Waals surface area contributed by atoms with Crippen LogP contribution in [0.4, 0.5) is 8.78 Å². The molecule has 0 spiro atoms. The van der Waals surface area contributed by atoms with Crippen LogP contribution in [-0.4, -0.2) is 20.6 Å². The molecule has 0 aliphatic rings. The predicted molar refractivity (Wildman–Crippen MR) is 86.8 cm³/mol. The summed E-state index contributed by atoms with van der Waals surface area (Å²) in [6.45, 7) is 1.62. The maximum atomic E-state index is 14.3. The van der Waals surface area contributed by atoms with E-state index in [1.54, 1.807) is 31.2 Å². The third kappa shape index (κ3) is 3.91. The number of amides is 1.